The summed E-state index contributed by atoms with van der Waals surface area (Å²) < 4.78 is 20.2. The first-order valence-electron chi connectivity index (χ1n) is 9.39. The maximum absolute atomic E-state index is 13.1. The molecule has 3 heterocycles. The van der Waals surface area contributed by atoms with Gasteiger partial charge in [0.05, 0.1) is 24.0 Å². The van der Waals surface area contributed by atoms with Crippen LogP contribution >= 0.6 is 11.3 Å². The molecule has 0 unspecified atom stereocenters. The summed E-state index contributed by atoms with van der Waals surface area (Å²) in [6.07, 6.45) is 8.63. The molecule has 0 saturated carbocycles. The second-order valence-electron chi connectivity index (χ2n) is 7.07. The van der Waals surface area contributed by atoms with Crippen LogP contribution in [0.3, 0.4) is 0 Å². The summed E-state index contributed by atoms with van der Waals surface area (Å²) in [5.41, 5.74) is 2.49. The van der Waals surface area contributed by atoms with Crippen molar-refractivity contribution in [1.82, 2.24) is 14.5 Å². The van der Waals surface area contributed by atoms with Crippen LogP contribution in [0, 0.1) is 5.82 Å². The molecule has 0 amide bonds. The Balaban J connectivity index is 1.49. The first-order valence-corrected chi connectivity index (χ1v) is 10.2. The third-order valence-corrected chi connectivity index (χ3v) is 6.37. The highest BCUT2D eigenvalue weighted by Gasteiger charge is 2.19. The van der Waals surface area contributed by atoms with E-state index in [0.29, 0.717) is 17.1 Å². The molecule has 0 atom stereocenters. The Kier molecular flexibility index (Phi) is 4.31. The molecular weight excluding hydrogens is 377 g/mol. The summed E-state index contributed by atoms with van der Waals surface area (Å²) in [6.45, 7) is 0.289. The highest BCUT2D eigenvalue weighted by atomic mass is 32.1. The van der Waals surface area contributed by atoms with E-state index in [2.05, 4.69) is 9.97 Å². The van der Waals surface area contributed by atoms with Crippen LogP contribution in [0.2, 0.25) is 0 Å². The van der Waals surface area contributed by atoms with Crippen molar-refractivity contribution in [2.75, 3.05) is 0 Å². The largest absolute Gasteiger partial charge is 0.444 e. The smallest absolute Gasteiger partial charge is 0.262 e. The van der Waals surface area contributed by atoms with Crippen LogP contribution in [-0.4, -0.2) is 14.5 Å². The Labute approximate surface area is 164 Å². The lowest BCUT2D eigenvalue weighted by atomic mass is 10.1. The second-order valence-corrected chi connectivity index (χ2v) is 8.16. The molecule has 1 aliphatic rings. The van der Waals surface area contributed by atoms with Crippen LogP contribution in [0.25, 0.3) is 21.7 Å². The average molecular weight is 395 g/mol. The number of benzene rings is 1. The van der Waals surface area contributed by atoms with E-state index in [1.165, 1.54) is 41.7 Å². The Hall–Kier alpha value is -2.80. The summed E-state index contributed by atoms with van der Waals surface area (Å²) in [5.74, 6) is 0.0952. The van der Waals surface area contributed by atoms with Gasteiger partial charge in [-0.2, -0.15) is 0 Å². The van der Waals surface area contributed by atoms with Gasteiger partial charge in [-0.1, -0.05) is 6.42 Å². The van der Waals surface area contributed by atoms with E-state index in [9.17, 15) is 9.18 Å². The molecule has 0 spiro atoms. The second kappa shape index (κ2) is 6.98. The van der Waals surface area contributed by atoms with Gasteiger partial charge in [-0.05, 0) is 55.5 Å². The van der Waals surface area contributed by atoms with Crippen LogP contribution in [0.5, 0.6) is 0 Å². The summed E-state index contributed by atoms with van der Waals surface area (Å²) in [4.78, 5) is 24.2. The van der Waals surface area contributed by atoms with E-state index < -0.39 is 0 Å². The Morgan fingerprint density at radius 1 is 1.14 bits per heavy atom. The summed E-state index contributed by atoms with van der Waals surface area (Å²) >= 11 is 1.66. The van der Waals surface area contributed by atoms with E-state index in [1.807, 2.05) is 0 Å². The molecule has 0 bridgehead atoms. The standard InChI is InChI=1S/C21H18FN3O2S/c22-14-8-6-13(7-9-14)19-24-15(11-27-19)10-25-12-23-20-18(21(25)26)16-4-2-1-3-5-17(16)28-20/h6-9,11-12H,1-5,10H2. The van der Waals surface area contributed by atoms with Crippen LogP contribution in [0.1, 0.15) is 35.4 Å². The summed E-state index contributed by atoms with van der Waals surface area (Å²) in [5, 5.41) is 0.770. The average Bonchev–Trinajstić information content (AvgIpc) is 3.23. The van der Waals surface area contributed by atoms with E-state index in [1.54, 1.807) is 34.4 Å². The number of thiophene rings is 1. The minimum Gasteiger partial charge on any atom is -0.444 e. The molecule has 5 rings (SSSR count). The van der Waals surface area contributed by atoms with E-state index >= 15 is 0 Å². The Bertz CT molecular complexity index is 1210. The molecule has 7 heteroatoms. The molecule has 0 radical (unpaired) electrons. The molecule has 28 heavy (non-hydrogen) atoms. The quantitative estimate of drug-likeness (QED) is 0.477. The molecule has 1 aromatic carbocycles. The van der Waals surface area contributed by atoms with Gasteiger partial charge >= 0.3 is 0 Å². The van der Waals surface area contributed by atoms with Gasteiger partial charge in [-0.25, -0.2) is 14.4 Å². The van der Waals surface area contributed by atoms with Gasteiger partial charge in [0.15, 0.2) is 0 Å². The van der Waals surface area contributed by atoms with Crippen LogP contribution in [-0.2, 0) is 19.4 Å². The highest BCUT2D eigenvalue weighted by Crippen LogP contribution is 2.32. The number of fused-ring (bicyclic) bond motifs is 3. The zero-order valence-corrected chi connectivity index (χ0v) is 16.0. The number of hydrogen-bond donors (Lipinski definition) is 0. The fraction of sp³-hybridized carbons (Fsp3) is 0.286. The zero-order valence-electron chi connectivity index (χ0n) is 15.2. The number of rotatable bonds is 3. The lowest BCUT2D eigenvalue weighted by Crippen LogP contribution is -2.21. The first-order chi connectivity index (χ1) is 13.7. The van der Waals surface area contributed by atoms with E-state index in [0.717, 1.165) is 29.5 Å². The third-order valence-electron chi connectivity index (χ3n) is 5.17. The number of oxazole rings is 1. The molecule has 3 aromatic heterocycles. The van der Waals surface area contributed by atoms with E-state index in [4.69, 9.17) is 4.42 Å². The van der Waals surface area contributed by atoms with Crippen molar-refractivity contribution in [1.29, 1.82) is 0 Å². The number of hydrogen-bond acceptors (Lipinski definition) is 5. The summed E-state index contributed by atoms with van der Waals surface area (Å²) in [7, 11) is 0. The predicted octanol–water partition coefficient (Wildman–Crippen LogP) is 4.57. The van der Waals surface area contributed by atoms with Crippen molar-refractivity contribution in [2.24, 2.45) is 0 Å². The molecular formula is C21H18FN3O2S. The van der Waals surface area contributed by atoms with Gasteiger partial charge in [0.1, 0.15) is 16.9 Å². The van der Waals surface area contributed by atoms with Crippen LogP contribution < -0.4 is 5.56 Å². The van der Waals surface area contributed by atoms with Gasteiger partial charge in [0, 0.05) is 10.4 Å². The summed E-state index contributed by atoms with van der Waals surface area (Å²) in [6, 6.07) is 5.96. The van der Waals surface area contributed by atoms with E-state index in [-0.39, 0.29) is 17.9 Å². The van der Waals surface area contributed by atoms with Crippen molar-refractivity contribution in [3.63, 3.8) is 0 Å². The Morgan fingerprint density at radius 2 is 1.96 bits per heavy atom. The first kappa shape index (κ1) is 17.3. The van der Waals surface area contributed by atoms with Gasteiger partial charge in [-0.3, -0.25) is 9.36 Å². The molecule has 1 aliphatic carbocycles. The van der Waals surface area contributed by atoms with Crippen molar-refractivity contribution in [2.45, 2.75) is 38.6 Å². The SMILES string of the molecule is O=c1c2c3c(sc2ncn1Cc1coc(-c2ccc(F)cc2)n1)CCCCC3. The molecule has 0 fully saturated rings. The number of nitrogens with zero attached hydrogens (tertiary/aromatic N) is 3. The molecule has 0 aliphatic heterocycles. The predicted molar refractivity (Wildman–Crippen MR) is 106 cm³/mol. The van der Waals surface area contributed by atoms with Crippen LogP contribution in [0.15, 0.2) is 46.1 Å². The monoisotopic (exact) mass is 395 g/mol. The fourth-order valence-corrected chi connectivity index (χ4v) is 4.97. The molecule has 0 N–H and O–H groups in total. The number of aryl methyl sites for hydroxylation is 2. The van der Waals surface area contributed by atoms with Crippen molar-refractivity contribution in [3.8, 4) is 11.5 Å². The maximum atomic E-state index is 13.1. The van der Waals surface area contributed by atoms with Gasteiger partial charge in [-0.15, -0.1) is 11.3 Å². The minimum absolute atomic E-state index is 0.0178. The molecule has 5 nitrogen and oxygen atoms in total. The highest BCUT2D eigenvalue weighted by molar-refractivity contribution is 7.18. The van der Waals surface area contributed by atoms with Crippen molar-refractivity contribution in [3.05, 3.63) is 69.2 Å². The molecule has 0 saturated heterocycles. The molecule has 142 valence electrons. The lowest BCUT2D eigenvalue weighted by molar-refractivity contribution is 0.570. The number of halogens is 1. The van der Waals surface area contributed by atoms with Gasteiger partial charge in [0.2, 0.25) is 5.89 Å². The van der Waals surface area contributed by atoms with Gasteiger partial charge < -0.3 is 4.42 Å². The Morgan fingerprint density at radius 3 is 2.82 bits per heavy atom. The maximum Gasteiger partial charge on any atom is 0.262 e. The normalized spacial score (nSPS) is 14.2. The lowest BCUT2D eigenvalue weighted by Gasteiger charge is -2.04. The van der Waals surface area contributed by atoms with Crippen LogP contribution in [0.4, 0.5) is 4.39 Å². The zero-order chi connectivity index (χ0) is 19.1. The third kappa shape index (κ3) is 3.05. The molecule has 4 aromatic rings. The topological polar surface area (TPSA) is 60.9 Å². The van der Waals surface area contributed by atoms with Gasteiger partial charge in [0.25, 0.3) is 5.56 Å². The fourth-order valence-electron chi connectivity index (χ4n) is 3.75. The number of aromatic nitrogens is 3. The van der Waals surface area contributed by atoms with Crippen molar-refractivity contribution >= 4 is 21.6 Å². The van der Waals surface area contributed by atoms with Crippen molar-refractivity contribution < 1.29 is 8.81 Å². The minimum atomic E-state index is -0.309.